The fourth-order valence-electron chi connectivity index (χ4n) is 3.46. The third-order valence-electron chi connectivity index (χ3n) is 4.70. The maximum Gasteiger partial charge on any atom is 0.241 e. The zero-order valence-corrected chi connectivity index (χ0v) is 14.8. The highest BCUT2D eigenvalue weighted by atomic mass is 16.3. The standard InChI is InChI=1S/C20H22N4O2/c1-15-8-9-18(26-15)14-23-11-3-7-19(23)20(25)22-16-5-2-6-17(13-16)24-12-4-10-21-24/h2,4-6,8-10,12-13,19H,3,7,11,14H2,1H3,(H,22,25). The van der Waals surface area contributed by atoms with E-state index in [4.69, 9.17) is 4.42 Å². The van der Waals surface area contributed by atoms with Crippen LogP contribution in [-0.4, -0.2) is 33.2 Å². The number of nitrogens with zero attached hydrogens (tertiary/aromatic N) is 3. The summed E-state index contributed by atoms with van der Waals surface area (Å²) >= 11 is 0. The number of amides is 1. The molecule has 3 aromatic rings. The van der Waals surface area contributed by atoms with E-state index in [0.717, 1.165) is 42.3 Å². The number of aryl methyl sites for hydroxylation is 1. The maximum absolute atomic E-state index is 12.8. The van der Waals surface area contributed by atoms with Crippen molar-refractivity contribution < 1.29 is 9.21 Å². The number of likely N-dealkylation sites (tertiary alicyclic amines) is 1. The molecule has 26 heavy (non-hydrogen) atoms. The molecule has 1 fully saturated rings. The van der Waals surface area contributed by atoms with Gasteiger partial charge in [-0.1, -0.05) is 6.07 Å². The van der Waals surface area contributed by atoms with Crippen molar-refractivity contribution in [3.05, 3.63) is 66.4 Å². The SMILES string of the molecule is Cc1ccc(CN2CCCC2C(=O)Nc2cccc(-n3cccn3)c2)o1. The first-order chi connectivity index (χ1) is 12.7. The Balaban J connectivity index is 1.44. The summed E-state index contributed by atoms with van der Waals surface area (Å²) in [5, 5.41) is 7.29. The Hall–Kier alpha value is -2.86. The van der Waals surface area contributed by atoms with Gasteiger partial charge in [0, 0.05) is 18.1 Å². The zero-order valence-electron chi connectivity index (χ0n) is 14.8. The van der Waals surface area contributed by atoms with E-state index in [2.05, 4.69) is 15.3 Å². The van der Waals surface area contributed by atoms with Crippen molar-refractivity contribution in [3.8, 4) is 5.69 Å². The van der Waals surface area contributed by atoms with Crippen LogP contribution in [0.2, 0.25) is 0 Å². The van der Waals surface area contributed by atoms with Crippen LogP contribution in [0.1, 0.15) is 24.4 Å². The number of aromatic nitrogens is 2. The average molecular weight is 350 g/mol. The van der Waals surface area contributed by atoms with E-state index in [0.29, 0.717) is 6.54 Å². The maximum atomic E-state index is 12.8. The Labute approximate surface area is 152 Å². The van der Waals surface area contributed by atoms with Gasteiger partial charge in [0.05, 0.1) is 18.3 Å². The van der Waals surface area contributed by atoms with Crippen molar-refractivity contribution in [3.63, 3.8) is 0 Å². The van der Waals surface area contributed by atoms with Crippen molar-refractivity contribution in [1.82, 2.24) is 14.7 Å². The molecule has 1 N–H and O–H groups in total. The molecule has 2 aromatic heterocycles. The minimum Gasteiger partial charge on any atom is -0.465 e. The quantitative estimate of drug-likeness (QED) is 0.766. The largest absolute Gasteiger partial charge is 0.465 e. The number of benzene rings is 1. The summed E-state index contributed by atoms with van der Waals surface area (Å²) in [6.45, 7) is 3.51. The van der Waals surface area contributed by atoms with Crippen LogP contribution in [0.4, 0.5) is 5.69 Å². The second-order valence-electron chi connectivity index (χ2n) is 6.63. The van der Waals surface area contributed by atoms with Gasteiger partial charge in [-0.15, -0.1) is 0 Å². The summed E-state index contributed by atoms with van der Waals surface area (Å²) in [5.74, 6) is 1.84. The molecule has 0 aliphatic carbocycles. The molecular formula is C20H22N4O2. The van der Waals surface area contributed by atoms with Crippen molar-refractivity contribution in [2.24, 2.45) is 0 Å². The lowest BCUT2D eigenvalue weighted by Gasteiger charge is -2.22. The van der Waals surface area contributed by atoms with Crippen LogP contribution in [0.15, 0.2) is 59.3 Å². The Morgan fingerprint density at radius 1 is 1.31 bits per heavy atom. The lowest BCUT2D eigenvalue weighted by Crippen LogP contribution is -2.39. The van der Waals surface area contributed by atoms with E-state index < -0.39 is 0 Å². The molecule has 1 aliphatic heterocycles. The Morgan fingerprint density at radius 2 is 2.23 bits per heavy atom. The van der Waals surface area contributed by atoms with Gasteiger partial charge in [0.2, 0.25) is 5.91 Å². The van der Waals surface area contributed by atoms with Crippen LogP contribution in [0.5, 0.6) is 0 Å². The molecule has 1 saturated heterocycles. The molecule has 6 heteroatoms. The number of hydrogen-bond acceptors (Lipinski definition) is 4. The molecule has 0 radical (unpaired) electrons. The molecule has 6 nitrogen and oxygen atoms in total. The molecular weight excluding hydrogens is 328 g/mol. The molecule has 0 spiro atoms. The van der Waals surface area contributed by atoms with Gasteiger partial charge in [-0.05, 0) is 62.7 Å². The van der Waals surface area contributed by atoms with Crippen molar-refractivity contribution in [2.75, 3.05) is 11.9 Å². The lowest BCUT2D eigenvalue weighted by molar-refractivity contribution is -0.120. The van der Waals surface area contributed by atoms with Crippen molar-refractivity contribution in [2.45, 2.75) is 32.4 Å². The predicted octanol–water partition coefficient (Wildman–Crippen LogP) is 3.38. The first kappa shape index (κ1) is 16.6. The van der Waals surface area contributed by atoms with E-state index in [9.17, 15) is 4.79 Å². The lowest BCUT2D eigenvalue weighted by atomic mass is 10.2. The Bertz CT molecular complexity index is 885. The van der Waals surface area contributed by atoms with E-state index in [1.165, 1.54) is 0 Å². The fourth-order valence-corrected chi connectivity index (χ4v) is 3.46. The Kier molecular flexibility index (Phi) is 4.58. The minimum atomic E-state index is -0.131. The zero-order chi connectivity index (χ0) is 17.9. The smallest absolute Gasteiger partial charge is 0.241 e. The van der Waals surface area contributed by atoms with Gasteiger partial charge in [-0.2, -0.15) is 5.10 Å². The summed E-state index contributed by atoms with van der Waals surface area (Å²) in [6, 6.07) is 13.4. The van der Waals surface area contributed by atoms with Crippen LogP contribution < -0.4 is 5.32 Å². The van der Waals surface area contributed by atoms with E-state index in [-0.39, 0.29) is 11.9 Å². The van der Waals surface area contributed by atoms with Crippen LogP contribution in [0.3, 0.4) is 0 Å². The number of nitrogens with one attached hydrogen (secondary N) is 1. The van der Waals surface area contributed by atoms with Crippen LogP contribution in [-0.2, 0) is 11.3 Å². The third-order valence-corrected chi connectivity index (χ3v) is 4.70. The van der Waals surface area contributed by atoms with Gasteiger partial charge >= 0.3 is 0 Å². The highest BCUT2D eigenvalue weighted by Crippen LogP contribution is 2.23. The molecule has 1 aromatic carbocycles. The molecule has 1 unspecified atom stereocenters. The fraction of sp³-hybridized carbons (Fsp3) is 0.300. The molecule has 4 rings (SSSR count). The van der Waals surface area contributed by atoms with Gasteiger partial charge in [0.15, 0.2) is 0 Å². The number of carbonyl (C=O) groups is 1. The molecule has 0 bridgehead atoms. The summed E-state index contributed by atoms with van der Waals surface area (Å²) in [6.07, 6.45) is 5.50. The molecule has 1 amide bonds. The number of rotatable bonds is 5. The van der Waals surface area contributed by atoms with E-state index >= 15 is 0 Å². The highest BCUT2D eigenvalue weighted by molar-refractivity contribution is 5.95. The average Bonchev–Trinajstić information content (AvgIpc) is 3.37. The van der Waals surface area contributed by atoms with Gasteiger partial charge in [0.25, 0.3) is 0 Å². The minimum absolute atomic E-state index is 0.0309. The van der Waals surface area contributed by atoms with Gasteiger partial charge < -0.3 is 9.73 Å². The van der Waals surface area contributed by atoms with Gasteiger partial charge in [-0.25, -0.2) is 4.68 Å². The van der Waals surface area contributed by atoms with E-state index in [1.807, 2.05) is 55.6 Å². The summed E-state index contributed by atoms with van der Waals surface area (Å²) in [5.41, 5.74) is 1.70. The van der Waals surface area contributed by atoms with Gasteiger partial charge in [0.1, 0.15) is 11.5 Å². The van der Waals surface area contributed by atoms with Crippen LogP contribution >= 0.6 is 0 Å². The van der Waals surface area contributed by atoms with Gasteiger partial charge in [-0.3, -0.25) is 9.69 Å². The van der Waals surface area contributed by atoms with Crippen molar-refractivity contribution >= 4 is 11.6 Å². The van der Waals surface area contributed by atoms with Crippen LogP contribution in [0, 0.1) is 6.92 Å². The van der Waals surface area contributed by atoms with Crippen LogP contribution in [0.25, 0.3) is 5.69 Å². The molecule has 0 saturated carbocycles. The second-order valence-corrected chi connectivity index (χ2v) is 6.63. The second kappa shape index (κ2) is 7.17. The number of furan rings is 1. The number of carbonyl (C=O) groups excluding carboxylic acids is 1. The summed E-state index contributed by atoms with van der Waals surface area (Å²) in [7, 11) is 0. The predicted molar refractivity (Wildman–Crippen MR) is 99.1 cm³/mol. The number of hydrogen-bond donors (Lipinski definition) is 1. The monoisotopic (exact) mass is 350 g/mol. The van der Waals surface area contributed by atoms with E-state index in [1.54, 1.807) is 10.9 Å². The Morgan fingerprint density at radius 3 is 3.00 bits per heavy atom. The van der Waals surface area contributed by atoms with Crippen molar-refractivity contribution in [1.29, 1.82) is 0 Å². The normalized spacial score (nSPS) is 17.5. The first-order valence-corrected chi connectivity index (χ1v) is 8.89. The third kappa shape index (κ3) is 3.55. The number of anilines is 1. The molecule has 134 valence electrons. The summed E-state index contributed by atoms with van der Waals surface area (Å²) < 4.78 is 7.44. The molecule has 1 atom stereocenters. The topological polar surface area (TPSA) is 63.3 Å². The first-order valence-electron chi connectivity index (χ1n) is 8.89. The highest BCUT2D eigenvalue weighted by Gasteiger charge is 2.31. The summed E-state index contributed by atoms with van der Waals surface area (Å²) in [4.78, 5) is 15.0. The molecule has 3 heterocycles. The molecule has 1 aliphatic rings.